The smallest absolute Gasteiger partial charge is 0.270 e. The molecule has 8 nitrogen and oxygen atoms in total. The Kier molecular flexibility index (Phi) is 3.95. The molecule has 0 aliphatic heterocycles. The molecule has 0 fully saturated rings. The van der Waals surface area contributed by atoms with Crippen molar-refractivity contribution in [3.8, 4) is 10.6 Å². The number of H-pyrrole nitrogens is 1. The molecule has 2 N–H and O–H groups in total. The molecule has 120 valence electrons. The van der Waals surface area contributed by atoms with E-state index in [1.807, 2.05) is 34.0 Å². The van der Waals surface area contributed by atoms with Gasteiger partial charge in [-0.1, -0.05) is 13.8 Å². The minimum absolute atomic E-state index is 0.218. The zero-order chi connectivity index (χ0) is 16.6. The van der Waals surface area contributed by atoms with Gasteiger partial charge in [-0.25, -0.2) is 4.98 Å². The maximum absolute atomic E-state index is 12.4. The fourth-order valence-corrected chi connectivity index (χ4v) is 2.95. The molecular weight excluding hydrogens is 314 g/mol. The van der Waals surface area contributed by atoms with Crippen LogP contribution in [0, 0.1) is 6.92 Å². The molecule has 3 aromatic rings. The van der Waals surface area contributed by atoms with Crippen LogP contribution in [-0.4, -0.2) is 35.9 Å². The molecule has 9 heteroatoms. The van der Waals surface area contributed by atoms with E-state index >= 15 is 0 Å². The number of rotatable bonds is 4. The summed E-state index contributed by atoms with van der Waals surface area (Å²) < 4.78 is 1.70. The quantitative estimate of drug-likeness (QED) is 0.764. The number of aromatic nitrogens is 6. The van der Waals surface area contributed by atoms with Crippen molar-refractivity contribution in [1.82, 2.24) is 29.9 Å². The molecule has 3 rings (SSSR count). The highest BCUT2D eigenvalue weighted by Crippen LogP contribution is 2.28. The third-order valence-corrected chi connectivity index (χ3v) is 4.43. The maximum Gasteiger partial charge on any atom is 0.270 e. The van der Waals surface area contributed by atoms with E-state index < -0.39 is 0 Å². The molecule has 0 unspecified atom stereocenters. The van der Waals surface area contributed by atoms with Crippen LogP contribution in [0.4, 0.5) is 5.95 Å². The van der Waals surface area contributed by atoms with Gasteiger partial charge in [0.15, 0.2) is 0 Å². The lowest BCUT2D eigenvalue weighted by Gasteiger charge is -1.98. The van der Waals surface area contributed by atoms with Gasteiger partial charge in [0.25, 0.3) is 5.91 Å². The Labute approximate surface area is 137 Å². The normalized spacial score (nSPS) is 11.2. The molecule has 0 atom stereocenters. The van der Waals surface area contributed by atoms with Crippen molar-refractivity contribution in [3.05, 3.63) is 28.8 Å². The van der Waals surface area contributed by atoms with E-state index in [1.165, 1.54) is 11.3 Å². The SMILES string of the molecule is Cc1nc(-c2cnn(C)c2)sc1C(=O)Nc1n[nH]c(C(C)C)n1. The Balaban J connectivity index is 1.80. The minimum Gasteiger partial charge on any atom is -0.288 e. The largest absolute Gasteiger partial charge is 0.288 e. The second kappa shape index (κ2) is 5.92. The lowest BCUT2D eigenvalue weighted by molar-refractivity contribution is 0.102. The van der Waals surface area contributed by atoms with Crippen molar-refractivity contribution in [2.45, 2.75) is 26.7 Å². The van der Waals surface area contributed by atoms with Crippen LogP contribution in [0.5, 0.6) is 0 Å². The van der Waals surface area contributed by atoms with E-state index in [2.05, 4.69) is 30.6 Å². The molecule has 1 amide bonds. The van der Waals surface area contributed by atoms with Gasteiger partial charge < -0.3 is 0 Å². The van der Waals surface area contributed by atoms with E-state index in [-0.39, 0.29) is 17.8 Å². The predicted molar refractivity (Wildman–Crippen MR) is 87.5 cm³/mol. The molecule has 23 heavy (non-hydrogen) atoms. The number of hydrogen-bond acceptors (Lipinski definition) is 6. The zero-order valence-electron chi connectivity index (χ0n) is 13.3. The predicted octanol–water partition coefficient (Wildman–Crippen LogP) is 2.35. The maximum atomic E-state index is 12.4. The third kappa shape index (κ3) is 3.14. The number of amides is 1. The Morgan fingerprint density at radius 2 is 2.17 bits per heavy atom. The van der Waals surface area contributed by atoms with E-state index in [1.54, 1.807) is 10.9 Å². The van der Waals surface area contributed by atoms with E-state index in [0.717, 1.165) is 16.4 Å². The number of aromatic amines is 1. The Hall–Kier alpha value is -2.55. The van der Waals surface area contributed by atoms with Crippen molar-refractivity contribution in [1.29, 1.82) is 0 Å². The monoisotopic (exact) mass is 331 g/mol. The summed E-state index contributed by atoms with van der Waals surface area (Å²) in [5.41, 5.74) is 1.56. The fraction of sp³-hybridized carbons (Fsp3) is 0.357. The number of anilines is 1. The Bertz CT molecular complexity index is 845. The van der Waals surface area contributed by atoms with Crippen LogP contribution in [0.2, 0.25) is 0 Å². The summed E-state index contributed by atoms with van der Waals surface area (Å²) in [5.74, 6) is 0.965. The van der Waals surface area contributed by atoms with Gasteiger partial charge in [-0.05, 0) is 6.92 Å². The lowest BCUT2D eigenvalue weighted by Crippen LogP contribution is -2.12. The number of carbonyl (C=O) groups excluding carboxylic acids is 1. The second-order valence-electron chi connectivity index (χ2n) is 5.49. The summed E-state index contributed by atoms with van der Waals surface area (Å²) in [5, 5.41) is 14.4. The second-order valence-corrected chi connectivity index (χ2v) is 6.49. The van der Waals surface area contributed by atoms with Crippen molar-refractivity contribution in [2.75, 3.05) is 5.32 Å². The van der Waals surface area contributed by atoms with Gasteiger partial charge in [-0.2, -0.15) is 10.1 Å². The number of aryl methyl sites for hydroxylation is 2. The molecule has 0 bridgehead atoms. The highest BCUT2D eigenvalue weighted by molar-refractivity contribution is 7.17. The van der Waals surface area contributed by atoms with Gasteiger partial charge >= 0.3 is 0 Å². The van der Waals surface area contributed by atoms with Crippen LogP contribution >= 0.6 is 11.3 Å². The molecule has 0 saturated heterocycles. The van der Waals surface area contributed by atoms with Crippen LogP contribution in [0.15, 0.2) is 12.4 Å². The van der Waals surface area contributed by atoms with Gasteiger partial charge in [0, 0.05) is 24.7 Å². The van der Waals surface area contributed by atoms with Gasteiger partial charge in [-0.15, -0.1) is 16.4 Å². The first kappa shape index (κ1) is 15.3. The molecule has 3 aromatic heterocycles. The fourth-order valence-electron chi connectivity index (χ4n) is 2.01. The molecule has 0 saturated carbocycles. The highest BCUT2D eigenvalue weighted by Gasteiger charge is 2.18. The Morgan fingerprint density at radius 1 is 1.39 bits per heavy atom. The molecule has 0 radical (unpaired) electrons. The number of carbonyl (C=O) groups is 1. The van der Waals surface area contributed by atoms with Gasteiger partial charge in [0.2, 0.25) is 5.95 Å². The summed E-state index contributed by atoms with van der Waals surface area (Å²) in [6.07, 6.45) is 3.59. The standard InChI is InChI=1S/C14H17N7OS/c1-7(2)11-17-14(20-19-11)18-12(22)10-8(3)16-13(23-10)9-5-15-21(4)6-9/h5-7H,1-4H3,(H2,17,18,19,20,22). The topological polar surface area (TPSA) is 101 Å². The van der Waals surface area contributed by atoms with E-state index in [9.17, 15) is 4.79 Å². The molecular formula is C14H17N7OS. The zero-order valence-corrected chi connectivity index (χ0v) is 14.1. The molecule has 0 aliphatic carbocycles. The average molecular weight is 331 g/mol. The van der Waals surface area contributed by atoms with Crippen molar-refractivity contribution in [3.63, 3.8) is 0 Å². The lowest BCUT2D eigenvalue weighted by atomic mass is 10.2. The number of thiazole rings is 1. The molecule has 0 aromatic carbocycles. The van der Waals surface area contributed by atoms with Crippen LogP contribution < -0.4 is 5.32 Å². The minimum atomic E-state index is -0.260. The van der Waals surface area contributed by atoms with E-state index in [4.69, 9.17) is 0 Å². The summed E-state index contributed by atoms with van der Waals surface area (Å²) in [6, 6.07) is 0. The van der Waals surface area contributed by atoms with Crippen LogP contribution in [-0.2, 0) is 7.05 Å². The first-order valence-electron chi connectivity index (χ1n) is 7.14. The number of hydrogen-bond donors (Lipinski definition) is 2. The van der Waals surface area contributed by atoms with Crippen molar-refractivity contribution >= 4 is 23.2 Å². The van der Waals surface area contributed by atoms with Gasteiger partial charge in [0.05, 0.1) is 11.9 Å². The van der Waals surface area contributed by atoms with Crippen LogP contribution in [0.1, 0.15) is 41.0 Å². The molecule has 0 spiro atoms. The molecule has 3 heterocycles. The summed E-state index contributed by atoms with van der Waals surface area (Å²) >= 11 is 1.32. The summed E-state index contributed by atoms with van der Waals surface area (Å²) in [7, 11) is 1.84. The number of nitrogens with one attached hydrogen (secondary N) is 2. The van der Waals surface area contributed by atoms with Gasteiger partial charge in [-0.3, -0.25) is 19.9 Å². The first-order chi connectivity index (χ1) is 10.9. The Morgan fingerprint density at radius 3 is 2.78 bits per heavy atom. The van der Waals surface area contributed by atoms with Crippen LogP contribution in [0.3, 0.4) is 0 Å². The van der Waals surface area contributed by atoms with E-state index in [0.29, 0.717) is 10.6 Å². The number of nitrogens with zero attached hydrogens (tertiary/aromatic N) is 5. The third-order valence-electron chi connectivity index (χ3n) is 3.23. The summed E-state index contributed by atoms with van der Waals surface area (Å²) in [4.78, 5) is 21.6. The molecule has 0 aliphatic rings. The van der Waals surface area contributed by atoms with Crippen molar-refractivity contribution < 1.29 is 4.79 Å². The van der Waals surface area contributed by atoms with Crippen molar-refractivity contribution in [2.24, 2.45) is 7.05 Å². The average Bonchev–Trinajstić information content (AvgIpc) is 3.18. The van der Waals surface area contributed by atoms with Crippen LogP contribution in [0.25, 0.3) is 10.6 Å². The first-order valence-corrected chi connectivity index (χ1v) is 7.95. The highest BCUT2D eigenvalue weighted by atomic mass is 32.1. The van der Waals surface area contributed by atoms with Gasteiger partial charge in [0.1, 0.15) is 15.7 Å². The summed E-state index contributed by atoms with van der Waals surface area (Å²) in [6.45, 7) is 5.81.